The zero-order valence-corrected chi connectivity index (χ0v) is 13.5. The molecule has 0 radical (unpaired) electrons. The SMILES string of the molecule is CC(C)(C)OC(=O)N[C@@H](Cc1ccccc1)c1ccc(=O)[nH]n1. The highest BCUT2D eigenvalue weighted by Gasteiger charge is 2.21. The maximum absolute atomic E-state index is 12.1. The third kappa shape index (κ3) is 5.58. The van der Waals surface area contributed by atoms with Gasteiger partial charge in [0.1, 0.15) is 5.60 Å². The lowest BCUT2D eigenvalue weighted by molar-refractivity contribution is 0.0502. The van der Waals surface area contributed by atoms with Gasteiger partial charge in [-0.25, -0.2) is 9.89 Å². The molecule has 0 saturated heterocycles. The number of aromatic amines is 1. The predicted molar refractivity (Wildman–Crippen MR) is 87.1 cm³/mol. The maximum atomic E-state index is 12.1. The van der Waals surface area contributed by atoms with Crippen LogP contribution in [0.25, 0.3) is 0 Å². The lowest BCUT2D eigenvalue weighted by Crippen LogP contribution is -2.36. The number of alkyl carbamates (subject to hydrolysis) is 1. The van der Waals surface area contributed by atoms with Crippen LogP contribution >= 0.6 is 0 Å². The van der Waals surface area contributed by atoms with Gasteiger partial charge in [0.25, 0.3) is 5.56 Å². The Hall–Kier alpha value is -2.63. The first kappa shape index (κ1) is 16.7. The summed E-state index contributed by atoms with van der Waals surface area (Å²) in [7, 11) is 0. The normalized spacial score (nSPS) is 12.5. The van der Waals surface area contributed by atoms with Crippen molar-refractivity contribution < 1.29 is 9.53 Å². The van der Waals surface area contributed by atoms with E-state index in [0.29, 0.717) is 12.1 Å². The van der Waals surface area contributed by atoms with Gasteiger partial charge in [-0.1, -0.05) is 30.3 Å². The summed E-state index contributed by atoms with van der Waals surface area (Å²) in [5.41, 5.74) is 0.741. The van der Waals surface area contributed by atoms with E-state index in [-0.39, 0.29) is 5.56 Å². The minimum atomic E-state index is -0.584. The summed E-state index contributed by atoms with van der Waals surface area (Å²) in [4.78, 5) is 23.2. The first-order valence-electron chi connectivity index (χ1n) is 7.42. The highest BCUT2D eigenvalue weighted by atomic mass is 16.6. The Bertz CT molecular complexity index is 685. The van der Waals surface area contributed by atoms with Crippen molar-refractivity contribution in [2.24, 2.45) is 0 Å². The highest BCUT2D eigenvalue weighted by molar-refractivity contribution is 5.68. The highest BCUT2D eigenvalue weighted by Crippen LogP contribution is 2.17. The molecule has 1 atom stereocenters. The molecule has 6 heteroatoms. The van der Waals surface area contributed by atoms with E-state index in [4.69, 9.17) is 4.74 Å². The van der Waals surface area contributed by atoms with Gasteiger partial charge in [0.15, 0.2) is 0 Å². The predicted octanol–water partition coefficient (Wildman–Crippen LogP) is 2.58. The smallest absolute Gasteiger partial charge is 0.408 e. The Morgan fingerprint density at radius 1 is 1.22 bits per heavy atom. The molecule has 0 spiro atoms. The van der Waals surface area contributed by atoms with Crippen LogP contribution in [0.3, 0.4) is 0 Å². The molecule has 0 fully saturated rings. The van der Waals surface area contributed by atoms with Crippen LogP contribution in [-0.2, 0) is 11.2 Å². The van der Waals surface area contributed by atoms with Crippen molar-refractivity contribution in [3.8, 4) is 0 Å². The molecule has 6 nitrogen and oxygen atoms in total. The van der Waals surface area contributed by atoms with E-state index in [2.05, 4.69) is 15.5 Å². The summed E-state index contributed by atoms with van der Waals surface area (Å²) in [6.45, 7) is 5.41. The van der Waals surface area contributed by atoms with E-state index in [1.165, 1.54) is 6.07 Å². The molecular formula is C17H21N3O3. The quantitative estimate of drug-likeness (QED) is 0.908. The minimum Gasteiger partial charge on any atom is -0.444 e. The molecule has 23 heavy (non-hydrogen) atoms. The number of hydrogen-bond acceptors (Lipinski definition) is 4. The number of amides is 1. The molecule has 0 bridgehead atoms. The van der Waals surface area contributed by atoms with E-state index in [9.17, 15) is 9.59 Å². The number of ether oxygens (including phenoxy) is 1. The van der Waals surface area contributed by atoms with Crippen molar-refractivity contribution in [1.82, 2.24) is 15.5 Å². The number of carbonyl (C=O) groups excluding carboxylic acids is 1. The van der Waals surface area contributed by atoms with Gasteiger partial charge in [0.05, 0.1) is 11.7 Å². The number of H-pyrrole nitrogens is 1. The average molecular weight is 315 g/mol. The van der Waals surface area contributed by atoms with Gasteiger partial charge < -0.3 is 10.1 Å². The monoisotopic (exact) mass is 315 g/mol. The third-order valence-electron chi connectivity index (χ3n) is 3.03. The molecule has 1 aromatic heterocycles. The molecule has 2 N–H and O–H groups in total. The van der Waals surface area contributed by atoms with Gasteiger partial charge in [0.2, 0.25) is 0 Å². The van der Waals surface area contributed by atoms with Gasteiger partial charge in [-0.2, -0.15) is 5.10 Å². The molecule has 0 aliphatic heterocycles. The second kappa shape index (κ2) is 7.09. The molecule has 0 aliphatic carbocycles. The van der Waals surface area contributed by atoms with Crippen LogP contribution in [0.2, 0.25) is 0 Å². The fraction of sp³-hybridized carbons (Fsp3) is 0.353. The number of carbonyl (C=O) groups is 1. The van der Waals surface area contributed by atoms with E-state index >= 15 is 0 Å². The van der Waals surface area contributed by atoms with Gasteiger partial charge in [-0.05, 0) is 38.8 Å². The van der Waals surface area contributed by atoms with Gasteiger partial charge >= 0.3 is 6.09 Å². The molecule has 2 aromatic rings. The van der Waals surface area contributed by atoms with Crippen LogP contribution in [0.4, 0.5) is 4.79 Å². The summed E-state index contributed by atoms with van der Waals surface area (Å²) in [6, 6.07) is 12.3. The van der Waals surface area contributed by atoms with Crippen molar-refractivity contribution in [2.75, 3.05) is 0 Å². The van der Waals surface area contributed by atoms with E-state index in [1.54, 1.807) is 26.8 Å². The molecule has 122 valence electrons. The Balaban J connectivity index is 2.19. The number of nitrogens with zero attached hydrogens (tertiary/aromatic N) is 1. The standard InChI is InChI=1S/C17H21N3O3/c1-17(2,3)23-16(22)18-14(11-12-7-5-4-6-8-12)13-9-10-15(21)20-19-13/h4-10,14H,11H2,1-3H3,(H,18,22)(H,20,21)/t14-/m0/s1. The largest absolute Gasteiger partial charge is 0.444 e. The van der Waals surface area contributed by atoms with Crippen LogP contribution in [0, 0.1) is 0 Å². The Morgan fingerprint density at radius 2 is 1.91 bits per heavy atom. The van der Waals surface area contributed by atoms with Gasteiger partial charge in [-0.15, -0.1) is 0 Å². The molecule has 0 aliphatic rings. The summed E-state index contributed by atoms with van der Waals surface area (Å²) >= 11 is 0. The Morgan fingerprint density at radius 3 is 2.48 bits per heavy atom. The fourth-order valence-corrected chi connectivity index (χ4v) is 2.08. The molecular weight excluding hydrogens is 294 g/mol. The summed E-state index contributed by atoms with van der Waals surface area (Å²) < 4.78 is 5.30. The molecule has 1 aromatic carbocycles. The number of rotatable bonds is 4. The van der Waals surface area contributed by atoms with Crippen molar-refractivity contribution >= 4 is 6.09 Å². The molecule has 0 unspecified atom stereocenters. The maximum Gasteiger partial charge on any atom is 0.408 e. The molecule has 0 saturated carbocycles. The van der Waals surface area contributed by atoms with Crippen molar-refractivity contribution in [2.45, 2.75) is 38.8 Å². The van der Waals surface area contributed by atoms with E-state index in [0.717, 1.165) is 5.56 Å². The van der Waals surface area contributed by atoms with Crippen LogP contribution in [0.15, 0.2) is 47.3 Å². The first-order valence-corrected chi connectivity index (χ1v) is 7.42. The molecule has 2 rings (SSSR count). The molecule has 1 heterocycles. The van der Waals surface area contributed by atoms with Gasteiger partial charge in [0, 0.05) is 6.07 Å². The topological polar surface area (TPSA) is 84.1 Å². The van der Waals surface area contributed by atoms with Crippen molar-refractivity contribution in [1.29, 1.82) is 0 Å². The molecule has 1 amide bonds. The van der Waals surface area contributed by atoms with Crippen LogP contribution in [0.5, 0.6) is 0 Å². The van der Waals surface area contributed by atoms with Crippen LogP contribution in [0.1, 0.15) is 38.1 Å². The van der Waals surface area contributed by atoms with E-state index in [1.807, 2.05) is 30.3 Å². The summed E-state index contributed by atoms with van der Waals surface area (Å²) in [5.74, 6) is 0. The number of benzene rings is 1. The van der Waals surface area contributed by atoms with E-state index < -0.39 is 17.7 Å². The van der Waals surface area contributed by atoms with Crippen LogP contribution in [-0.4, -0.2) is 21.9 Å². The number of aromatic nitrogens is 2. The average Bonchev–Trinajstić information content (AvgIpc) is 2.46. The van der Waals surface area contributed by atoms with Crippen molar-refractivity contribution in [3.05, 3.63) is 64.1 Å². The second-order valence-electron chi connectivity index (χ2n) is 6.23. The minimum absolute atomic E-state index is 0.288. The van der Waals surface area contributed by atoms with Crippen LogP contribution < -0.4 is 10.9 Å². The Labute approximate surface area is 134 Å². The summed E-state index contributed by atoms with van der Waals surface area (Å²) in [6.07, 6.45) is 0.0190. The number of hydrogen-bond donors (Lipinski definition) is 2. The zero-order valence-electron chi connectivity index (χ0n) is 13.5. The Kier molecular flexibility index (Phi) is 5.16. The number of nitrogens with one attached hydrogen (secondary N) is 2. The first-order chi connectivity index (χ1) is 10.8. The lowest BCUT2D eigenvalue weighted by atomic mass is 10.0. The summed E-state index contributed by atoms with van der Waals surface area (Å²) in [5, 5.41) is 9.22. The van der Waals surface area contributed by atoms with Gasteiger partial charge in [-0.3, -0.25) is 4.79 Å². The van der Waals surface area contributed by atoms with Crippen molar-refractivity contribution in [3.63, 3.8) is 0 Å². The second-order valence-corrected chi connectivity index (χ2v) is 6.23. The fourth-order valence-electron chi connectivity index (χ4n) is 2.08. The zero-order chi connectivity index (χ0) is 16.9. The lowest BCUT2D eigenvalue weighted by Gasteiger charge is -2.23. The third-order valence-corrected chi connectivity index (χ3v) is 3.03.